The number of thiazole rings is 1. The van der Waals surface area contributed by atoms with Crippen molar-refractivity contribution in [1.29, 1.82) is 0 Å². The van der Waals surface area contributed by atoms with Gasteiger partial charge in [-0.05, 0) is 38.0 Å². The van der Waals surface area contributed by atoms with E-state index in [2.05, 4.69) is 37.1 Å². The van der Waals surface area contributed by atoms with E-state index in [1.54, 1.807) is 18.4 Å². The van der Waals surface area contributed by atoms with Crippen LogP contribution in [0.25, 0.3) is 5.57 Å². The maximum absolute atomic E-state index is 5.67. The fraction of sp³-hybridized carbons (Fsp3) is 0.526. The lowest BCUT2D eigenvalue weighted by Crippen LogP contribution is -1.93. The van der Waals surface area contributed by atoms with E-state index in [1.807, 2.05) is 13.0 Å². The van der Waals surface area contributed by atoms with Crippen LogP contribution in [0.2, 0.25) is 0 Å². The Morgan fingerprint density at radius 2 is 2.00 bits per heavy atom. The van der Waals surface area contributed by atoms with Crippen molar-refractivity contribution in [2.75, 3.05) is 19.6 Å². The number of methoxy groups -OCH3 is 1. The summed E-state index contributed by atoms with van der Waals surface area (Å²) >= 11 is 7.34. The van der Waals surface area contributed by atoms with Gasteiger partial charge in [0.2, 0.25) is 0 Å². The topological polar surface area (TPSA) is 31.4 Å². The highest BCUT2D eigenvalue weighted by atomic mass is 35.5. The van der Waals surface area contributed by atoms with Gasteiger partial charge in [-0.3, -0.25) is 0 Å². The zero-order valence-electron chi connectivity index (χ0n) is 15.1. The molecule has 1 heterocycles. The van der Waals surface area contributed by atoms with E-state index >= 15 is 0 Å². The van der Waals surface area contributed by atoms with Crippen LogP contribution >= 0.6 is 22.9 Å². The Kier molecular flexibility index (Phi) is 10.7. The standard InChI is InChI=1S/C16H20ClNO2S.C3H8/c1-12-15(11-19-2)21-16(18-12)13-5-3-6-14(8-7-13)20-10-4-9-17;1-3-2/h5-8H,3-4,9-11H2,1-2H3;3H2,1-2H3. The molecule has 0 spiro atoms. The molecule has 0 atom stereocenters. The van der Waals surface area contributed by atoms with Gasteiger partial charge in [0.1, 0.15) is 10.8 Å². The van der Waals surface area contributed by atoms with E-state index in [9.17, 15) is 0 Å². The van der Waals surface area contributed by atoms with Gasteiger partial charge in [0.05, 0.1) is 23.8 Å². The zero-order chi connectivity index (χ0) is 17.8. The smallest absolute Gasteiger partial charge is 0.123 e. The molecule has 5 heteroatoms. The lowest BCUT2D eigenvalue weighted by molar-refractivity contribution is 0.187. The molecule has 0 saturated carbocycles. The lowest BCUT2D eigenvalue weighted by Gasteiger charge is -2.04. The highest BCUT2D eigenvalue weighted by Crippen LogP contribution is 2.28. The fourth-order valence-corrected chi connectivity index (χ4v) is 3.10. The Balaban J connectivity index is 0.000000891. The van der Waals surface area contributed by atoms with E-state index in [0.717, 1.165) is 34.9 Å². The molecule has 0 radical (unpaired) electrons. The van der Waals surface area contributed by atoms with Gasteiger partial charge in [0, 0.05) is 18.6 Å². The van der Waals surface area contributed by atoms with E-state index in [1.165, 1.54) is 11.3 Å². The number of nitrogens with zero attached hydrogens (tertiary/aromatic N) is 1. The average molecular weight is 370 g/mol. The summed E-state index contributed by atoms with van der Waals surface area (Å²) in [6.45, 7) is 7.54. The maximum atomic E-state index is 5.67. The van der Waals surface area contributed by atoms with E-state index in [4.69, 9.17) is 21.1 Å². The number of aromatic nitrogens is 1. The first-order valence-corrected chi connectivity index (χ1v) is 9.74. The van der Waals surface area contributed by atoms with Crippen LogP contribution in [-0.2, 0) is 16.1 Å². The summed E-state index contributed by atoms with van der Waals surface area (Å²) in [6.07, 6.45) is 11.3. The summed E-state index contributed by atoms with van der Waals surface area (Å²) in [6, 6.07) is 0. The Morgan fingerprint density at radius 3 is 2.67 bits per heavy atom. The number of allylic oxidation sites excluding steroid dienone is 5. The van der Waals surface area contributed by atoms with Crippen molar-refractivity contribution in [3.63, 3.8) is 0 Å². The highest BCUT2D eigenvalue weighted by Gasteiger charge is 2.11. The van der Waals surface area contributed by atoms with E-state index in [0.29, 0.717) is 19.1 Å². The van der Waals surface area contributed by atoms with Crippen molar-refractivity contribution in [3.05, 3.63) is 45.6 Å². The van der Waals surface area contributed by atoms with Gasteiger partial charge in [-0.25, -0.2) is 4.98 Å². The Hall–Kier alpha value is -1.10. The molecule has 0 aromatic carbocycles. The summed E-state index contributed by atoms with van der Waals surface area (Å²) in [5.74, 6) is 1.53. The Bertz CT molecular complexity index is 576. The molecule has 0 unspecified atom stereocenters. The molecule has 1 aliphatic rings. The number of alkyl halides is 1. The van der Waals surface area contributed by atoms with E-state index < -0.39 is 0 Å². The van der Waals surface area contributed by atoms with Crippen molar-refractivity contribution in [2.45, 2.75) is 46.6 Å². The predicted octanol–water partition coefficient (Wildman–Crippen LogP) is 5.89. The van der Waals surface area contributed by atoms with Crippen LogP contribution in [-0.4, -0.2) is 24.6 Å². The molecule has 3 nitrogen and oxygen atoms in total. The second kappa shape index (κ2) is 12.3. The number of aryl methyl sites for hydroxylation is 1. The Morgan fingerprint density at radius 1 is 1.25 bits per heavy atom. The molecule has 1 aromatic heterocycles. The minimum atomic E-state index is 0.617. The first-order valence-electron chi connectivity index (χ1n) is 8.38. The first-order chi connectivity index (χ1) is 11.7. The molecule has 1 aliphatic carbocycles. The number of rotatable bonds is 7. The van der Waals surface area contributed by atoms with Crippen LogP contribution in [0.4, 0.5) is 0 Å². The maximum Gasteiger partial charge on any atom is 0.123 e. The average Bonchev–Trinajstić information content (AvgIpc) is 2.78. The molecule has 0 aliphatic heterocycles. The number of hydrogen-bond donors (Lipinski definition) is 0. The SMILES string of the molecule is CCC.COCc1sc(C2=CCC=C(OCCCCl)C=C2)nc1C. The molecular weight excluding hydrogens is 342 g/mol. The van der Waals surface area contributed by atoms with Crippen molar-refractivity contribution >= 4 is 28.5 Å². The second-order valence-corrected chi connectivity index (χ2v) is 6.86. The van der Waals surface area contributed by atoms with Crippen LogP contribution in [0.1, 0.15) is 48.7 Å². The number of ether oxygens (including phenoxy) is 2. The molecule has 24 heavy (non-hydrogen) atoms. The molecule has 0 fully saturated rings. The third kappa shape index (κ3) is 7.20. The van der Waals surface area contributed by atoms with Crippen molar-refractivity contribution < 1.29 is 9.47 Å². The van der Waals surface area contributed by atoms with Crippen LogP contribution in [0.3, 0.4) is 0 Å². The fourth-order valence-electron chi connectivity index (χ4n) is 1.94. The highest BCUT2D eigenvalue weighted by molar-refractivity contribution is 7.12. The van der Waals surface area contributed by atoms with Crippen molar-refractivity contribution in [1.82, 2.24) is 4.98 Å². The second-order valence-electron chi connectivity index (χ2n) is 5.39. The normalized spacial score (nSPS) is 13.5. The predicted molar refractivity (Wildman–Crippen MR) is 105 cm³/mol. The van der Waals surface area contributed by atoms with Crippen molar-refractivity contribution in [2.24, 2.45) is 0 Å². The van der Waals surface area contributed by atoms with Crippen LogP contribution in [0, 0.1) is 6.92 Å². The largest absolute Gasteiger partial charge is 0.494 e. The Labute approximate surface area is 155 Å². The van der Waals surface area contributed by atoms with Crippen LogP contribution < -0.4 is 0 Å². The molecule has 1 aromatic rings. The molecule has 0 saturated heterocycles. The molecule has 0 bridgehead atoms. The molecule has 0 amide bonds. The van der Waals surface area contributed by atoms with Gasteiger partial charge in [-0.15, -0.1) is 22.9 Å². The number of halogens is 1. The molecule has 0 N–H and O–H groups in total. The van der Waals surface area contributed by atoms with Gasteiger partial charge < -0.3 is 9.47 Å². The molecular formula is C19H28ClNO2S. The van der Waals surface area contributed by atoms with Crippen LogP contribution in [0.5, 0.6) is 0 Å². The summed E-state index contributed by atoms with van der Waals surface area (Å²) < 4.78 is 10.9. The van der Waals surface area contributed by atoms with Gasteiger partial charge in [0.25, 0.3) is 0 Å². The zero-order valence-corrected chi connectivity index (χ0v) is 16.7. The minimum absolute atomic E-state index is 0.617. The molecule has 2 rings (SSSR count). The van der Waals surface area contributed by atoms with Gasteiger partial charge in [-0.1, -0.05) is 26.3 Å². The third-order valence-corrected chi connectivity index (χ3v) is 4.49. The van der Waals surface area contributed by atoms with Gasteiger partial charge in [0.15, 0.2) is 0 Å². The summed E-state index contributed by atoms with van der Waals surface area (Å²) in [7, 11) is 1.71. The molecule has 134 valence electrons. The van der Waals surface area contributed by atoms with Crippen molar-refractivity contribution in [3.8, 4) is 0 Å². The van der Waals surface area contributed by atoms with Gasteiger partial charge in [-0.2, -0.15) is 0 Å². The van der Waals surface area contributed by atoms with Gasteiger partial charge >= 0.3 is 0 Å². The number of hydrogen-bond acceptors (Lipinski definition) is 4. The van der Waals surface area contributed by atoms with E-state index in [-0.39, 0.29) is 0 Å². The summed E-state index contributed by atoms with van der Waals surface area (Å²) in [5, 5.41) is 1.03. The quantitative estimate of drug-likeness (QED) is 0.443. The first kappa shape index (κ1) is 20.9. The third-order valence-electron chi connectivity index (χ3n) is 3.05. The van der Waals surface area contributed by atoms with Crippen LogP contribution in [0.15, 0.2) is 30.1 Å². The monoisotopic (exact) mass is 369 g/mol. The lowest BCUT2D eigenvalue weighted by atomic mass is 10.2. The minimum Gasteiger partial charge on any atom is -0.494 e. The summed E-state index contributed by atoms with van der Waals surface area (Å²) in [5.41, 5.74) is 2.18. The summed E-state index contributed by atoms with van der Waals surface area (Å²) in [4.78, 5) is 5.81.